The molecular formula is C33H28N2O3. The van der Waals surface area contributed by atoms with Gasteiger partial charge >= 0.3 is 5.97 Å². The summed E-state index contributed by atoms with van der Waals surface area (Å²) in [5.74, 6) is -1.08. The number of carboxylic acid groups (broad SMARTS) is 1. The maximum Gasteiger partial charge on any atom is 0.336 e. The van der Waals surface area contributed by atoms with Gasteiger partial charge in [-0.2, -0.15) is 0 Å². The number of carbonyl (C=O) groups is 2. The summed E-state index contributed by atoms with van der Waals surface area (Å²) in [4.78, 5) is 25.6. The van der Waals surface area contributed by atoms with Crippen molar-refractivity contribution in [3.8, 4) is 22.4 Å². The minimum absolute atomic E-state index is 0.0767. The molecule has 1 aromatic heterocycles. The number of aryl methyl sites for hydroxylation is 1. The largest absolute Gasteiger partial charge is 0.478 e. The molecule has 6 rings (SSSR count). The van der Waals surface area contributed by atoms with Crippen LogP contribution < -0.4 is 5.32 Å². The fraction of sp³-hybridized carbons (Fsp3) is 0.152. The van der Waals surface area contributed by atoms with E-state index in [-0.39, 0.29) is 17.5 Å². The standard InChI is InChI=1S/C33H28N2O3/c1-3-29(21-9-5-4-6-10-21)34-32(36)23-14-16-30-27(18-23)20(2)31-28-17-22(13-15-26(28)33(37)38)25-12-8-7-11-24(25)19-35(30)31/h4-18,29H,3,19H2,1-2H3,(H,34,36)(H,37,38)/t29-/m0/s1. The van der Waals surface area contributed by atoms with Crippen LogP contribution in [0.15, 0.2) is 91.0 Å². The van der Waals surface area contributed by atoms with E-state index in [4.69, 9.17) is 0 Å². The number of fused-ring (bicyclic) bond motifs is 8. The Morgan fingerprint density at radius 2 is 1.68 bits per heavy atom. The van der Waals surface area contributed by atoms with E-state index in [1.807, 2.05) is 79.7 Å². The average Bonchev–Trinajstić information content (AvgIpc) is 3.21. The van der Waals surface area contributed by atoms with E-state index >= 15 is 0 Å². The van der Waals surface area contributed by atoms with Gasteiger partial charge in [0.2, 0.25) is 0 Å². The number of carbonyl (C=O) groups excluding carboxylic acids is 1. The Labute approximate surface area is 221 Å². The second-order valence-electron chi connectivity index (χ2n) is 9.86. The summed E-state index contributed by atoms with van der Waals surface area (Å²) in [5.41, 5.74) is 8.70. The van der Waals surface area contributed by atoms with Crippen molar-refractivity contribution in [1.29, 1.82) is 0 Å². The predicted molar refractivity (Wildman–Crippen MR) is 151 cm³/mol. The highest BCUT2D eigenvalue weighted by molar-refractivity contribution is 6.04. The number of aromatic nitrogens is 1. The summed E-state index contributed by atoms with van der Waals surface area (Å²) in [6, 6.07) is 29.5. The van der Waals surface area contributed by atoms with Crippen LogP contribution >= 0.6 is 0 Å². The number of benzene rings is 4. The van der Waals surface area contributed by atoms with Crippen LogP contribution in [0.2, 0.25) is 0 Å². The van der Waals surface area contributed by atoms with Crippen molar-refractivity contribution in [2.24, 2.45) is 0 Å². The first-order chi connectivity index (χ1) is 18.5. The van der Waals surface area contributed by atoms with Gasteiger partial charge in [-0.1, -0.05) is 67.6 Å². The molecule has 188 valence electrons. The molecule has 1 atom stereocenters. The van der Waals surface area contributed by atoms with E-state index in [0.717, 1.165) is 50.8 Å². The fourth-order valence-electron chi connectivity index (χ4n) is 5.73. The number of nitrogens with zero attached hydrogens (tertiary/aromatic N) is 1. The molecule has 2 bridgehead atoms. The topological polar surface area (TPSA) is 71.3 Å². The minimum Gasteiger partial charge on any atom is -0.478 e. The normalized spacial score (nSPS) is 12.7. The van der Waals surface area contributed by atoms with E-state index in [9.17, 15) is 14.7 Å². The van der Waals surface area contributed by atoms with E-state index < -0.39 is 5.97 Å². The van der Waals surface area contributed by atoms with Gasteiger partial charge in [-0.05, 0) is 71.5 Å². The number of aromatic carboxylic acids is 1. The molecular weight excluding hydrogens is 472 g/mol. The molecule has 0 fully saturated rings. The molecule has 2 N–H and O–H groups in total. The molecule has 4 aromatic carbocycles. The van der Waals surface area contributed by atoms with Gasteiger partial charge < -0.3 is 15.0 Å². The van der Waals surface area contributed by atoms with Crippen molar-refractivity contribution in [3.63, 3.8) is 0 Å². The molecule has 0 saturated heterocycles. The Morgan fingerprint density at radius 3 is 2.45 bits per heavy atom. The lowest BCUT2D eigenvalue weighted by atomic mass is 9.91. The second-order valence-corrected chi connectivity index (χ2v) is 9.86. The molecule has 5 aromatic rings. The van der Waals surface area contributed by atoms with Gasteiger partial charge in [-0.25, -0.2) is 4.79 Å². The van der Waals surface area contributed by atoms with Crippen LogP contribution in [-0.2, 0) is 6.54 Å². The van der Waals surface area contributed by atoms with Crippen LogP contribution in [-0.4, -0.2) is 21.6 Å². The smallest absolute Gasteiger partial charge is 0.336 e. The van der Waals surface area contributed by atoms with Gasteiger partial charge in [0.15, 0.2) is 0 Å². The number of nitrogens with one attached hydrogen (secondary N) is 1. The van der Waals surface area contributed by atoms with Crippen LogP contribution in [0.4, 0.5) is 0 Å². The summed E-state index contributed by atoms with van der Waals surface area (Å²) < 4.78 is 2.19. The number of carboxylic acids is 1. The van der Waals surface area contributed by atoms with E-state index in [2.05, 4.69) is 28.9 Å². The highest BCUT2D eigenvalue weighted by Crippen LogP contribution is 2.41. The molecule has 0 unspecified atom stereocenters. The van der Waals surface area contributed by atoms with Gasteiger partial charge in [-0.15, -0.1) is 0 Å². The number of rotatable bonds is 5. The Morgan fingerprint density at radius 1 is 0.921 bits per heavy atom. The lowest BCUT2D eigenvalue weighted by Gasteiger charge is -2.21. The summed E-state index contributed by atoms with van der Waals surface area (Å²) >= 11 is 0. The molecule has 2 heterocycles. The Hall–Kier alpha value is -4.64. The lowest BCUT2D eigenvalue weighted by molar-refractivity contribution is 0.0697. The monoisotopic (exact) mass is 500 g/mol. The third-order valence-corrected chi connectivity index (χ3v) is 7.66. The molecule has 0 radical (unpaired) electrons. The highest BCUT2D eigenvalue weighted by Gasteiger charge is 2.25. The van der Waals surface area contributed by atoms with E-state index in [1.165, 1.54) is 0 Å². The predicted octanol–water partition coefficient (Wildman–Crippen LogP) is 7.22. The zero-order valence-corrected chi connectivity index (χ0v) is 21.4. The van der Waals surface area contributed by atoms with E-state index in [1.54, 1.807) is 6.07 Å². The zero-order valence-electron chi connectivity index (χ0n) is 21.4. The van der Waals surface area contributed by atoms with Gasteiger partial charge in [-0.3, -0.25) is 4.79 Å². The second kappa shape index (κ2) is 9.34. The van der Waals surface area contributed by atoms with Crippen LogP contribution in [0.5, 0.6) is 0 Å². The molecule has 1 amide bonds. The first-order valence-electron chi connectivity index (χ1n) is 12.9. The van der Waals surface area contributed by atoms with Crippen LogP contribution in [0.25, 0.3) is 33.3 Å². The van der Waals surface area contributed by atoms with Crippen LogP contribution in [0.1, 0.15) is 56.8 Å². The molecule has 0 aliphatic carbocycles. The van der Waals surface area contributed by atoms with Crippen molar-refractivity contribution >= 4 is 22.8 Å². The molecule has 38 heavy (non-hydrogen) atoms. The van der Waals surface area contributed by atoms with E-state index in [0.29, 0.717) is 17.7 Å². The molecule has 1 aliphatic heterocycles. The van der Waals surface area contributed by atoms with Crippen LogP contribution in [0.3, 0.4) is 0 Å². The van der Waals surface area contributed by atoms with Gasteiger partial charge in [0, 0.05) is 28.6 Å². The Kier molecular flexibility index (Phi) is 5.84. The Balaban J connectivity index is 1.49. The third kappa shape index (κ3) is 3.88. The summed E-state index contributed by atoms with van der Waals surface area (Å²) in [6.07, 6.45) is 0.783. The maximum atomic E-state index is 13.3. The van der Waals surface area contributed by atoms with Crippen molar-refractivity contribution in [3.05, 3.63) is 119 Å². The summed E-state index contributed by atoms with van der Waals surface area (Å²) in [6.45, 7) is 4.68. The number of hydrogen-bond donors (Lipinski definition) is 2. The number of hydrogen-bond acceptors (Lipinski definition) is 2. The van der Waals surface area contributed by atoms with Crippen molar-refractivity contribution < 1.29 is 14.7 Å². The first-order valence-corrected chi connectivity index (χ1v) is 12.9. The van der Waals surface area contributed by atoms with Gasteiger partial charge in [0.05, 0.1) is 17.3 Å². The van der Waals surface area contributed by atoms with Gasteiger partial charge in [0.25, 0.3) is 5.91 Å². The lowest BCUT2D eigenvalue weighted by Crippen LogP contribution is -2.28. The molecule has 5 nitrogen and oxygen atoms in total. The molecule has 5 heteroatoms. The first kappa shape index (κ1) is 23.7. The van der Waals surface area contributed by atoms with Crippen molar-refractivity contribution in [2.45, 2.75) is 32.9 Å². The number of amides is 1. The summed E-state index contributed by atoms with van der Waals surface area (Å²) in [5, 5.41) is 14.1. The molecule has 0 spiro atoms. The fourth-order valence-corrected chi connectivity index (χ4v) is 5.73. The van der Waals surface area contributed by atoms with Crippen LogP contribution in [0, 0.1) is 6.92 Å². The highest BCUT2D eigenvalue weighted by atomic mass is 16.4. The minimum atomic E-state index is -0.955. The third-order valence-electron chi connectivity index (χ3n) is 7.66. The Bertz CT molecular complexity index is 1720. The molecule has 1 aliphatic rings. The SMILES string of the molecule is CC[C@H](NC(=O)c1ccc2c(c1)c(C)c1n2Cc2ccccc2-c2ccc(C(=O)O)c-1c2)c1ccccc1. The van der Waals surface area contributed by atoms with Gasteiger partial charge in [0.1, 0.15) is 0 Å². The zero-order chi connectivity index (χ0) is 26.4. The van der Waals surface area contributed by atoms with Crippen molar-refractivity contribution in [1.82, 2.24) is 9.88 Å². The average molecular weight is 501 g/mol. The van der Waals surface area contributed by atoms with Crippen molar-refractivity contribution in [2.75, 3.05) is 0 Å². The quantitative estimate of drug-likeness (QED) is 0.262. The summed E-state index contributed by atoms with van der Waals surface area (Å²) in [7, 11) is 0. The molecule has 0 saturated carbocycles. The maximum absolute atomic E-state index is 13.3.